The Morgan fingerprint density at radius 3 is 2.53 bits per heavy atom. The van der Waals surface area contributed by atoms with Crippen LogP contribution < -0.4 is 5.73 Å². The molecule has 0 aromatic rings. The number of carbonyl (C=O) groups excluding carboxylic acids is 3. The van der Waals surface area contributed by atoms with Gasteiger partial charge in [-0.15, -0.1) is 0 Å². The molecular weight excluding hydrogens is 390 g/mol. The molecule has 1 saturated heterocycles. The number of hydrogen-bond donors (Lipinski definition) is 2. The molecule has 1 fully saturated rings. The second-order valence-corrected chi connectivity index (χ2v) is 8.59. The standard InChI is InChI=1S/C21H33N3O6/c1-14(18-15(25)12-21(2,3)13-16(18)26)23-7-5-4-6-17(30-20(22)28)19(27)24-8-10-29-11-9-24/h17,25H,4-13H2,1-3H3,(H2,22,28). The molecular formula is C21H33N3O6. The first kappa shape index (κ1) is 23.9. The number of rotatable bonds is 8. The number of aliphatic imine (C=N–C) groups is 1. The molecule has 1 aliphatic heterocycles. The number of allylic oxidation sites excluding steroid dienone is 2. The lowest BCUT2D eigenvalue weighted by atomic mass is 9.76. The molecule has 9 heteroatoms. The van der Waals surface area contributed by atoms with Crippen molar-refractivity contribution in [3.05, 3.63) is 11.3 Å². The van der Waals surface area contributed by atoms with Crippen LogP contribution in [0.1, 0.15) is 52.9 Å². The van der Waals surface area contributed by atoms with Gasteiger partial charge in [-0.05, 0) is 31.6 Å². The van der Waals surface area contributed by atoms with Crippen LogP contribution in [-0.4, -0.2) is 72.5 Å². The number of amides is 2. The Kier molecular flexibility index (Phi) is 8.40. The normalized spacial score (nSPS) is 20.8. The summed E-state index contributed by atoms with van der Waals surface area (Å²) < 4.78 is 10.3. The van der Waals surface area contributed by atoms with Crippen LogP contribution in [0.15, 0.2) is 16.3 Å². The first-order valence-corrected chi connectivity index (χ1v) is 10.4. The molecule has 0 spiro atoms. The zero-order chi connectivity index (χ0) is 22.3. The molecule has 1 unspecified atom stereocenters. The first-order valence-electron chi connectivity index (χ1n) is 10.4. The fourth-order valence-corrected chi connectivity index (χ4v) is 3.83. The second kappa shape index (κ2) is 10.6. The Morgan fingerprint density at radius 1 is 1.27 bits per heavy atom. The van der Waals surface area contributed by atoms with Gasteiger partial charge in [0.1, 0.15) is 5.76 Å². The highest BCUT2D eigenvalue weighted by Gasteiger charge is 2.34. The van der Waals surface area contributed by atoms with E-state index in [1.54, 1.807) is 11.8 Å². The van der Waals surface area contributed by atoms with E-state index in [0.29, 0.717) is 76.2 Å². The van der Waals surface area contributed by atoms with E-state index < -0.39 is 12.2 Å². The van der Waals surface area contributed by atoms with Crippen LogP contribution in [0.3, 0.4) is 0 Å². The van der Waals surface area contributed by atoms with Crippen molar-refractivity contribution in [1.82, 2.24) is 4.90 Å². The lowest BCUT2D eigenvalue weighted by molar-refractivity contribution is -0.144. The van der Waals surface area contributed by atoms with Crippen molar-refractivity contribution in [2.75, 3.05) is 32.8 Å². The van der Waals surface area contributed by atoms with E-state index >= 15 is 0 Å². The van der Waals surface area contributed by atoms with Gasteiger partial charge >= 0.3 is 6.09 Å². The van der Waals surface area contributed by atoms with Crippen LogP contribution in [0.2, 0.25) is 0 Å². The smallest absolute Gasteiger partial charge is 0.405 e. The van der Waals surface area contributed by atoms with Gasteiger partial charge < -0.3 is 25.2 Å². The maximum atomic E-state index is 12.6. The highest BCUT2D eigenvalue weighted by atomic mass is 16.6. The maximum absolute atomic E-state index is 12.6. The third kappa shape index (κ3) is 6.83. The number of unbranched alkanes of at least 4 members (excludes halogenated alkanes) is 1. The van der Waals surface area contributed by atoms with E-state index in [4.69, 9.17) is 15.2 Å². The number of aliphatic hydroxyl groups excluding tert-OH is 1. The molecule has 1 heterocycles. The van der Waals surface area contributed by atoms with Gasteiger partial charge in [0.25, 0.3) is 5.91 Å². The van der Waals surface area contributed by atoms with Gasteiger partial charge in [-0.25, -0.2) is 4.79 Å². The predicted octanol–water partition coefficient (Wildman–Crippen LogP) is 2.14. The fourth-order valence-electron chi connectivity index (χ4n) is 3.83. The average molecular weight is 424 g/mol. The Balaban J connectivity index is 1.87. The minimum Gasteiger partial charge on any atom is -0.511 e. The number of ketones is 1. The van der Waals surface area contributed by atoms with Crippen LogP contribution in [0, 0.1) is 5.41 Å². The molecule has 0 aromatic carbocycles. The summed E-state index contributed by atoms with van der Waals surface area (Å²) in [5, 5.41) is 10.3. The quantitative estimate of drug-likeness (QED) is 0.454. The van der Waals surface area contributed by atoms with Crippen LogP contribution in [0.4, 0.5) is 4.79 Å². The molecule has 2 aliphatic rings. The summed E-state index contributed by atoms with van der Waals surface area (Å²) in [7, 11) is 0. The summed E-state index contributed by atoms with van der Waals surface area (Å²) in [5.41, 5.74) is 5.73. The average Bonchev–Trinajstić information content (AvgIpc) is 2.65. The minimum atomic E-state index is -0.975. The number of carbonyl (C=O) groups is 3. The molecule has 9 nitrogen and oxygen atoms in total. The van der Waals surface area contributed by atoms with Crippen molar-refractivity contribution >= 4 is 23.5 Å². The van der Waals surface area contributed by atoms with Crippen LogP contribution in [0.25, 0.3) is 0 Å². The van der Waals surface area contributed by atoms with Gasteiger partial charge in [-0.3, -0.25) is 14.6 Å². The van der Waals surface area contributed by atoms with Gasteiger partial charge in [0, 0.05) is 38.2 Å². The van der Waals surface area contributed by atoms with Crippen molar-refractivity contribution in [1.29, 1.82) is 0 Å². The van der Waals surface area contributed by atoms with Gasteiger partial charge in [0.15, 0.2) is 11.9 Å². The second-order valence-electron chi connectivity index (χ2n) is 8.59. The molecule has 0 bridgehead atoms. The van der Waals surface area contributed by atoms with Crippen molar-refractivity contribution in [2.24, 2.45) is 16.1 Å². The number of primary amides is 1. The molecule has 0 radical (unpaired) electrons. The summed E-state index contributed by atoms with van der Waals surface area (Å²) in [6, 6.07) is 0. The van der Waals surface area contributed by atoms with Gasteiger partial charge in [0.2, 0.25) is 0 Å². The Morgan fingerprint density at radius 2 is 1.93 bits per heavy atom. The molecule has 1 atom stereocenters. The molecule has 2 amide bonds. The Labute approximate surface area is 177 Å². The summed E-state index contributed by atoms with van der Waals surface area (Å²) in [6.45, 7) is 7.91. The highest BCUT2D eigenvalue weighted by Crippen LogP contribution is 2.36. The first-order chi connectivity index (χ1) is 14.1. The zero-order valence-corrected chi connectivity index (χ0v) is 18.1. The van der Waals surface area contributed by atoms with E-state index in [2.05, 4.69) is 4.99 Å². The van der Waals surface area contributed by atoms with E-state index in [1.807, 2.05) is 13.8 Å². The Hall–Kier alpha value is -2.42. The van der Waals surface area contributed by atoms with E-state index in [9.17, 15) is 19.5 Å². The number of nitrogens with zero attached hydrogens (tertiary/aromatic N) is 2. The van der Waals surface area contributed by atoms with Gasteiger partial charge in [0.05, 0.1) is 18.8 Å². The van der Waals surface area contributed by atoms with Crippen molar-refractivity contribution in [3.8, 4) is 0 Å². The summed E-state index contributed by atoms with van der Waals surface area (Å²) in [5.74, 6) is -0.248. The summed E-state index contributed by atoms with van der Waals surface area (Å²) >= 11 is 0. The van der Waals surface area contributed by atoms with Gasteiger partial charge in [-0.2, -0.15) is 0 Å². The minimum absolute atomic E-state index is 0.0870. The number of aliphatic hydroxyl groups is 1. The number of Topliss-reactive ketones (excluding diaryl/α,β-unsaturated/α-hetero) is 1. The molecule has 168 valence electrons. The molecule has 0 aromatic heterocycles. The monoisotopic (exact) mass is 423 g/mol. The lowest BCUT2D eigenvalue weighted by Gasteiger charge is -2.30. The van der Waals surface area contributed by atoms with Crippen molar-refractivity contribution in [2.45, 2.75) is 59.0 Å². The predicted molar refractivity (Wildman–Crippen MR) is 111 cm³/mol. The molecule has 1 aliphatic carbocycles. The molecule has 3 N–H and O–H groups in total. The summed E-state index contributed by atoms with van der Waals surface area (Å²) in [4.78, 5) is 42.2. The van der Waals surface area contributed by atoms with Crippen molar-refractivity contribution < 1.29 is 29.0 Å². The van der Waals surface area contributed by atoms with E-state index in [-0.39, 0.29) is 22.9 Å². The molecule has 30 heavy (non-hydrogen) atoms. The lowest BCUT2D eigenvalue weighted by Crippen LogP contribution is -2.47. The fraction of sp³-hybridized carbons (Fsp3) is 0.714. The summed E-state index contributed by atoms with van der Waals surface area (Å²) in [6.07, 6.45) is 0.522. The maximum Gasteiger partial charge on any atom is 0.405 e. The van der Waals surface area contributed by atoms with Gasteiger partial charge in [-0.1, -0.05) is 13.8 Å². The van der Waals surface area contributed by atoms with E-state index in [0.717, 1.165) is 0 Å². The third-order valence-corrected chi connectivity index (χ3v) is 5.29. The Bertz CT molecular complexity index is 722. The number of morpholine rings is 1. The number of hydrogen-bond acceptors (Lipinski definition) is 7. The largest absolute Gasteiger partial charge is 0.511 e. The SMILES string of the molecule is CC(=NCCCCC(OC(N)=O)C(=O)N1CCOCC1)C1=C(O)CC(C)(C)CC1=O. The molecule has 0 saturated carbocycles. The molecule has 2 rings (SSSR count). The topological polar surface area (TPSA) is 132 Å². The third-order valence-electron chi connectivity index (χ3n) is 5.29. The van der Waals surface area contributed by atoms with Crippen LogP contribution in [-0.2, 0) is 19.1 Å². The van der Waals surface area contributed by atoms with Crippen LogP contribution >= 0.6 is 0 Å². The van der Waals surface area contributed by atoms with Crippen LogP contribution in [0.5, 0.6) is 0 Å². The highest BCUT2D eigenvalue weighted by molar-refractivity contribution is 6.22. The number of ether oxygens (including phenoxy) is 2. The number of nitrogens with two attached hydrogens (primary N) is 1. The van der Waals surface area contributed by atoms with Crippen molar-refractivity contribution in [3.63, 3.8) is 0 Å². The van der Waals surface area contributed by atoms with E-state index in [1.165, 1.54) is 0 Å². The zero-order valence-electron chi connectivity index (χ0n) is 18.1.